The molecule has 1 heterocycles. The van der Waals surface area contributed by atoms with Crippen LogP contribution in [-0.2, 0) is 9.84 Å². The lowest BCUT2D eigenvalue weighted by Crippen LogP contribution is -2.49. The zero-order chi connectivity index (χ0) is 17.4. The lowest BCUT2D eigenvalue weighted by molar-refractivity contribution is -0.384. The monoisotopic (exact) mass is 361 g/mol. The molecule has 126 valence electrons. The van der Waals surface area contributed by atoms with Gasteiger partial charge >= 0.3 is 0 Å². The van der Waals surface area contributed by atoms with E-state index in [1.54, 1.807) is 14.1 Å². The van der Waals surface area contributed by atoms with Gasteiger partial charge in [-0.3, -0.25) is 19.9 Å². The highest BCUT2D eigenvalue weighted by Gasteiger charge is 2.37. The molecule has 2 rings (SSSR count). The summed E-state index contributed by atoms with van der Waals surface area (Å²) in [5.41, 5.74) is -0.123. The molecule has 0 aromatic heterocycles. The van der Waals surface area contributed by atoms with Crippen LogP contribution >= 0.6 is 11.6 Å². The van der Waals surface area contributed by atoms with E-state index in [9.17, 15) is 23.3 Å². The second-order valence-electron chi connectivity index (χ2n) is 5.48. The van der Waals surface area contributed by atoms with Gasteiger partial charge in [0.2, 0.25) is 0 Å². The predicted octanol–water partition coefficient (Wildman–Crippen LogP) is 1.35. The molecular weight excluding hydrogens is 346 g/mol. The number of amides is 1. The summed E-state index contributed by atoms with van der Waals surface area (Å²) in [7, 11) is 0.0936. The molecule has 1 aliphatic rings. The Balaban J connectivity index is 2.34. The molecule has 8 nitrogen and oxygen atoms in total. The molecule has 0 saturated carbocycles. The Morgan fingerprint density at radius 2 is 2.04 bits per heavy atom. The van der Waals surface area contributed by atoms with Crippen molar-refractivity contribution in [1.82, 2.24) is 10.0 Å². The molecule has 10 heteroatoms. The van der Waals surface area contributed by atoms with Gasteiger partial charge in [-0.15, -0.1) is 0 Å². The summed E-state index contributed by atoms with van der Waals surface area (Å²) in [5, 5.41) is 13.5. The number of hydrogen-bond donors (Lipinski definition) is 0. The largest absolute Gasteiger partial charge is 0.270 e. The molecule has 0 spiro atoms. The van der Waals surface area contributed by atoms with Crippen molar-refractivity contribution in [3.63, 3.8) is 0 Å². The maximum absolute atomic E-state index is 12.7. The quantitative estimate of drug-likeness (QED) is 0.592. The van der Waals surface area contributed by atoms with E-state index < -0.39 is 26.7 Å². The Kier molecular flexibility index (Phi) is 4.92. The van der Waals surface area contributed by atoms with E-state index in [0.717, 1.165) is 6.07 Å². The highest BCUT2D eigenvalue weighted by atomic mass is 35.5. The Morgan fingerprint density at radius 1 is 1.39 bits per heavy atom. The number of non-ortho nitro benzene ring substituents is 1. The molecule has 23 heavy (non-hydrogen) atoms. The van der Waals surface area contributed by atoms with Crippen molar-refractivity contribution >= 4 is 33.0 Å². The lowest BCUT2D eigenvalue weighted by atomic mass is 10.1. The zero-order valence-electron chi connectivity index (χ0n) is 12.6. The summed E-state index contributed by atoms with van der Waals surface area (Å²) >= 11 is 5.99. The molecule has 1 aliphatic heterocycles. The fourth-order valence-corrected chi connectivity index (χ4v) is 4.50. The molecular formula is C13H16ClN3O5S. The van der Waals surface area contributed by atoms with Crippen LogP contribution in [-0.4, -0.2) is 60.9 Å². The molecule has 1 aromatic carbocycles. The average Bonchev–Trinajstić information content (AvgIpc) is 2.78. The number of carbonyl (C=O) groups is 1. The van der Waals surface area contributed by atoms with E-state index in [4.69, 9.17) is 11.6 Å². The molecule has 1 atom stereocenters. The summed E-state index contributed by atoms with van der Waals surface area (Å²) < 4.78 is 23.3. The first kappa shape index (κ1) is 17.6. The van der Waals surface area contributed by atoms with Crippen LogP contribution in [0.2, 0.25) is 5.02 Å². The normalized spacial score (nSPS) is 19.7. The Morgan fingerprint density at radius 3 is 2.48 bits per heavy atom. The summed E-state index contributed by atoms with van der Waals surface area (Å²) in [6.45, 7) is 0. The van der Waals surface area contributed by atoms with E-state index in [2.05, 4.69) is 0 Å². The SMILES string of the molecule is CN(C)N(C(=O)c1ccc([N+](=O)[O-])cc1Cl)[C@H]1CCS(=O)(=O)C1. The van der Waals surface area contributed by atoms with Crippen LogP contribution in [0.5, 0.6) is 0 Å². The number of nitro groups is 1. The molecule has 0 N–H and O–H groups in total. The third kappa shape index (κ3) is 3.80. The van der Waals surface area contributed by atoms with Crippen LogP contribution in [0.3, 0.4) is 0 Å². The van der Waals surface area contributed by atoms with Crippen LogP contribution in [0.15, 0.2) is 18.2 Å². The average molecular weight is 362 g/mol. The van der Waals surface area contributed by atoms with Crippen molar-refractivity contribution in [2.24, 2.45) is 0 Å². The Bertz CT molecular complexity index is 750. The van der Waals surface area contributed by atoms with Gasteiger partial charge in [0.1, 0.15) is 0 Å². The summed E-state index contributed by atoms with van der Waals surface area (Å²) in [6, 6.07) is 3.10. The van der Waals surface area contributed by atoms with E-state index in [1.807, 2.05) is 0 Å². The van der Waals surface area contributed by atoms with Crippen molar-refractivity contribution in [1.29, 1.82) is 0 Å². The molecule has 0 bridgehead atoms. The van der Waals surface area contributed by atoms with Gasteiger partial charge in [-0.05, 0) is 12.5 Å². The van der Waals surface area contributed by atoms with Crippen LogP contribution in [0, 0.1) is 10.1 Å². The molecule has 1 amide bonds. The van der Waals surface area contributed by atoms with E-state index in [0.29, 0.717) is 6.42 Å². The van der Waals surface area contributed by atoms with Crippen molar-refractivity contribution in [2.75, 3.05) is 25.6 Å². The van der Waals surface area contributed by atoms with Crippen molar-refractivity contribution < 1.29 is 18.1 Å². The number of carbonyl (C=O) groups excluding carboxylic acids is 1. The third-order valence-electron chi connectivity index (χ3n) is 3.59. The summed E-state index contributed by atoms with van der Waals surface area (Å²) in [6.07, 6.45) is 0.344. The Labute approximate surface area is 138 Å². The fourth-order valence-electron chi connectivity index (χ4n) is 2.56. The van der Waals surface area contributed by atoms with Crippen LogP contribution in [0.1, 0.15) is 16.8 Å². The number of benzene rings is 1. The van der Waals surface area contributed by atoms with Gasteiger partial charge in [-0.2, -0.15) is 0 Å². The number of nitrogens with zero attached hydrogens (tertiary/aromatic N) is 3. The minimum atomic E-state index is -3.16. The standard InChI is InChI=1S/C13H16ClN3O5S/c1-15(2)16(10-5-6-23(21,22)8-10)13(18)11-4-3-9(17(19)20)7-12(11)14/h3-4,7,10H,5-6,8H2,1-2H3/t10-/m0/s1. The van der Waals surface area contributed by atoms with Gasteiger partial charge in [-0.1, -0.05) is 11.6 Å². The van der Waals surface area contributed by atoms with Crippen molar-refractivity contribution in [3.8, 4) is 0 Å². The second kappa shape index (κ2) is 6.42. The topological polar surface area (TPSA) is 101 Å². The maximum Gasteiger partial charge on any atom is 0.270 e. The molecule has 0 unspecified atom stereocenters. The van der Waals surface area contributed by atoms with Gasteiger partial charge in [0.15, 0.2) is 9.84 Å². The number of halogens is 1. The van der Waals surface area contributed by atoms with Gasteiger partial charge in [0.25, 0.3) is 11.6 Å². The van der Waals surface area contributed by atoms with E-state index in [1.165, 1.54) is 22.2 Å². The van der Waals surface area contributed by atoms with Gasteiger partial charge in [-0.25, -0.2) is 13.4 Å². The smallest absolute Gasteiger partial charge is 0.268 e. The number of rotatable bonds is 4. The molecule has 0 radical (unpaired) electrons. The number of hydrazine groups is 1. The van der Waals surface area contributed by atoms with Gasteiger partial charge < -0.3 is 0 Å². The lowest BCUT2D eigenvalue weighted by Gasteiger charge is -2.34. The van der Waals surface area contributed by atoms with Crippen LogP contribution in [0.25, 0.3) is 0 Å². The first-order chi connectivity index (χ1) is 10.6. The number of sulfone groups is 1. The molecule has 1 fully saturated rings. The van der Waals surface area contributed by atoms with Crippen molar-refractivity contribution in [3.05, 3.63) is 38.9 Å². The number of nitro benzene ring substituents is 1. The summed E-state index contributed by atoms with van der Waals surface area (Å²) in [4.78, 5) is 22.9. The third-order valence-corrected chi connectivity index (χ3v) is 5.65. The van der Waals surface area contributed by atoms with Crippen LogP contribution < -0.4 is 0 Å². The minimum Gasteiger partial charge on any atom is -0.268 e. The van der Waals surface area contributed by atoms with Crippen molar-refractivity contribution in [2.45, 2.75) is 12.5 Å². The minimum absolute atomic E-state index is 0.0310. The fraction of sp³-hybridized carbons (Fsp3) is 0.462. The highest BCUT2D eigenvalue weighted by Crippen LogP contribution is 2.26. The van der Waals surface area contributed by atoms with E-state index in [-0.39, 0.29) is 27.8 Å². The Hall–Kier alpha value is -1.71. The predicted molar refractivity (Wildman–Crippen MR) is 85.0 cm³/mol. The first-order valence-electron chi connectivity index (χ1n) is 6.77. The van der Waals surface area contributed by atoms with Crippen LogP contribution in [0.4, 0.5) is 5.69 Å². The zero-order valence-corrected chi connectivity index (χ0v) is 14.2. The second-order valence-corrected chi connectivity index (χ2v) is 8.11. The van der Waals surface area contributed by atoms with Gasteiger partial charge in [0.05, 0.1) is 33.1 Å². The summed E-state index contributed by atoms with van der Waals surface area (Å²) in [5.74, 6) is -0.567. The highest BCUT2D eigenvalue weighted by molar-refractivity contribution is 7.91. The first-order valence-corrected chi connectivity index (χ1v) is 8.97. The van der Waals surface area contributed by atoms with E-state index >= 15 is 0 Å². The maximum atomic E-state index is 12.7. The molecule has 1 saturated heterocycles. The molecule has 1 aromatic rings. The molecule has 0 aliphatic carbocycles. The van der Waals surface area contributed by atoms with Gasteiger partial charge in [0, 0.05) is 26.2 Å². The number of hydrogen-bond acceptors (Lipinski definition) is 6.